The van der Waals surface area contributed by atoms with Crippen molar-refractivity contribution in [3.63, 3.8) is 0 Å². The summed E-state index contributed by atoms with van der Waals surface area (Å²) in [5.74, 6) is 2.04. The minimum Gasteiger partial charge on any atom is -0.362 e. The quantitative estimate of drug-likeness (QED) is 0.573. The molecule has 2 aromatic carbocycles. The first-order valence-corrected chi connectivity index (χ1v) is 9.02. The number of hydrogen-bond acceptors (Lipinski definition) is 2. The van der Waals surface area contributed by atoms with Crippen molar-refractivity contribution in [3.8, 4) is 0 Å². The van der Waals surface area contributed by atoms with E-state index in [0.717, 1.165) is 23.7 Å². The first-order chi connectivity index (χ1) is 10.6. The van der Waals surface area contributed by atoms with Crippen LogP contribution in [0, 0.1) is 6.92 Å². The van der Waals surface area contributed by atoms with Gasteiger partial charge in [-0.2, -0.15) is 11.8 Å². The topological polar surface area (TPSA) is 24.1 Å². The maximum atomic E-state index is 5.94. The fourth-order valence-corrected chi connectivity index (χ4v) is 3.28. The third-order valence-electron chi connectivity index (χ3n) is 3.13. The third-order valence-corrected chi connectivity index (χ3v) is 4.62. The highest BCUT2D eigenvalue weighted by molar-refractivity contribution is 7.98. The predicted molar refractivity (Wildman–Crippen MR) is 103 cm³/mol. The Balaban J connectivity index is 1.64. The minimum atomic E-state index is 0.624. The molecule has 2 N–H and O–H groups in total. The summed E-state index contributed by atoms with van der Waals surface area (Å²) in [4.78, 5) is 0. The van der Waals surface area contributed by atoms with Crippen molar-refractivity contribution in [2.75, 3.05) is 17.6 Å². The van der Waals surface area contributed by atoms with E-state index < -0.39 is 0 Å². The normalized spacial score (nSPS) is 10.3. The molecule has 2 nitrogen and oxygen atoms in total. The van der Waals surface area contributed by atoms with Crippen LogP contribution in [0.25, 0.3) is 0 Å². The molecule has 0 saturated heterocycles. The molecule has 0 aliphatic heterocycles. The van der Waals surface area contributed by atoms with Crippen LogP contribution in [0.2, 0.25) is 5.02 Å². The van der Waals surface area contributed by atoms with Crippen LogP contribution in [0.3, 0.4) is 0 Å². The molecule has 0 radical (unpaired) electrons. The van der Waals surface area contributed by atoms with Gasteiger partial charge in [-0.3, -0.25) is 0 Å². The first-order valence-electron chi connectivity index (χ1n) is 7.08. The molecular formula is C17H19ClN2S2. The van der Waals surface area contributed by atoms with Gasteiger partial charge in [0.15, 0.2) is 5.11 Å². The van der Waals surface area contributed by atoms with Crippen molar-refractivity contribution in [2.45, 2.75) is 12.7 Å². The molecular weight excluding hydrogens is 332 g/mol. The van der Waals surface area contributed by atoms with Gasteiger partial charge in [0, 0.05) is 28.8 Å². The Morgan fingerprint density at radius 2 is 2.00 bits per heavy atom. The van der Waals surface area contributed by atoms with E-state index in [1.165, 1.54) is 11.1 Å². The van der Waals surface area contributed by atoms with Crippen LogP contribution in [-0.4, -0.2) is 17.4 Å². The molecule has 0 fully saturated rings. The van der Waals surface area contributed by atoms with E-state index >= 15 is 0 Å². The highest BCUT2D eigenvalue weighted by Crippen LogP contribution is 2.16. The van der Waals surface area contributed by atoms with Crippen LogP contribution >= 0.6 is 35.6 Å². The van der Waals surface area contributed by atoms with Gasteiger partial charge in [-0.05, 0) is 48.5 Å². The molecule has 22 heavy (non-hydrogen) atoms. The van der Waals surface area contributed by atoms with Gasteiger partial charge in [0.1, 0.15) is 0 Å². The number of thiocarbonyl (C=S) groups is 1. The number of halogens is 1. The number of benzene rings is 2. The van der Waals surface area contributed by atoms with Crippen LogP contribution in [0.1, 0.15) is 11.1 Å². The average molecular weight is 351 g/mol. The van der Waals surface area contributed by atoms with Crippen molar-refractivity contribution in [1.82, 2.24) is 5.32 Å². The predicted octanol–water partition coefficient (Wildman–Crippen LogP) is 4.87. The lowest BCUT2D eigenvalue weighted by Gasteiger charge is -2.11. The number of anilines is 1. The Kier molecular flexibility index (Phi) is 7.03. The molecule has 0 spiro atoms. The van der Waals surface area contributed by atoms with E-state index in [9.17, 15) is 0 Å². The monoisotopic (exact) mass is 350 g/mol. The van der Waals surface area contributed by atoms with Gasteiger partial charge < -0.3 is 10.6 Å². The van der Waals surface area contributed by atoms with E-state index in [1.54, 1.807) is 0 Å². The van der Waals surface area contributed by atoms with Gasteiger partial charge in [0.2, 0.25) is 0 Å². The van der Waals surface area contributed by atoms with Gasteiger partial charge >= 0.3 is 0 Å². The Hall–Kier alpha value is -1.23. The Labute approximate surface area is 146 Å². The van der Waals surface area contributed by atoms with Crippen molar-refractivity contribution >= 4 is 46.4 Å². The highest BCUT2D eigenvalue weighted by Gasteiger charge is 1.99. The minimum absolute atomic E-state index is 0.624. The molecule has 0 aliphatic carbocycles. The van der Waals surface area contributed by atoms with Gasteiger partial charge in [-0.15, -0.1) is 0 Å². The molecule has 0 bridgehead atoms. The number of hydrogen-bond donors (Lipinski definition) is 2. The summed E-state index contributed by atoms with van der Waals surface area (Å²) in [5, 5.41) is 7.65. The average Bonchev–Trinajstić information content (AvgIpc) is 2.48. The SMILES string of the molecule is Cc1ccccc1CSCCNC(=S)Nc1cccc(Cl)c1. The van der Waals surface area contributed by atoms with Crippen molar-refractivity contribution in [1.29, 1.82) is 0 Å². The zero-order chi connectivity index (χ0) is 15.8. The van der Waals surface area contributed by atoms with Gasteiger partial charge in [0.05, 0.1) is 0 Å². The van der Waals surface area contributed by atoms with E-state index in [1.807, 2.05) is 36.0 Å². The van der Waals surface area contributed by atoms with E-state index in [0.29, 0.717) is 10.1 Å². The second kappa shape index (κ2) is 9.03. The van der Waals surface area contributed by atoms with E-state index in [-0.39, 0.29) is 0 Å². The van der Waals surface area contributed by atoms with Crippen molar-refractivity contribution in [2.24, 2.45) is 0 Å². The second-order valence-electron chi connectivity index (χ2n) is 4.87. The van der Waals surface area contributed by atoms with Gasteiger partial charge in [-0.25, -0.2) is 0 Å². The number of rotatable bonds is 6. The molecule has 5 heteroatoms. The van der Waals surface area contributed by atoms with E-state index in [4.69, 9.17) is 23.8 Å². The van der Waals surface area contributed by atoms with Gasteiger partial charge in [0.25, 0.3) is 0 Å². The fourth-order valence-electron chi connectivity index (χ4n) is 1.93. The molecule has 116 valence electrons. The second-order valence-corrected chi connectivity index (χ2v) is 6.82. The summed E-state index contributed by atoms with van der Waals surface area (Å²) in [6.07, 6.45) is 0. The highest BCUT2D eigenvalue weighted by atomic mass is 35.5. The maximum absolute atomic E-state index is 5.94. The Morgan fingerprint density at radius 3 is 2.77 bits per heavy atom. The molecule has 0 atom stereocenters. The zero-order valence-electron chi connectivity index (χ0n) is 12.4. The molecule has 2 aromatic rings. The van der Waals surface area contributed by atoms with Crippen LogP contribution < -0.4 is 10.6 Å². The maximum Gasteiger partial charge on any atom is 0.170 e. The van der Waals surface area contributed by atoms with E-state index in [2.05, 4.69) is 41.8 Å². The van der Waals surface area contributed by atoms with Crippen molar-refractivity contribution < 1.29 is 0 Å². The van der Waals surface area contributed by atoms with Crippen LogP contribution in [0.4, 0.5) is 5.69 Å². The lowest BCUT2D eigenvalue weighted by molar-refractivity contribution is 0.989. The molecule has 0 heterocycles. The molecule has 0 saturated carbocycles. The molecule has 0 aliphatic rings. The summed E-state index contributed by atoms with van der Waals surface area (Å²) in [6, 6.07) is 16.0. The molecule has 0 amide bonds. The lowest BCUT2D eigenvalue weighted by Crippen LogP contribution is -2.30. The summed E-state index contributed by atoms with van der Waals surface area (Å²) in [5.41, 5.74) is 3.64. The van der Waals surface area contributed by atoms with Crippen LogP contribution in [0.5, 0.6) is 0 Å². The summed E-state index contributed by atoms with van der Waals surface area (Å²) in [6.45, 7) is 2.99. The molecule has 0 aromatic heterocycles. The number of nitrogens with one attached hydrogen (secondary N) is 2. The summed E-state index contributed by atoms with van der Waals surface area (Å²) < 4.78 is 0. The largest absolute Gasteiger partial charge is 0.362 e. The third kappa shape index (κ3) is 5.87. The zero-order valence-corrected chi connectivity index (χ0v) is 14.8. The Bertz CT molecular complexity index is 632. The number of aryl methyl sites for hydroxylation is 1. The van der Waals surface area contributed by atoms with Gasteiger partial charge in [-0.1, -0.05) is 41.9 Å². The standard InChI is InChI=1S/C17H19ClN2S2/c1-13-5-2-3-6-14(13)12-22-10-9-19-17(21)20-16-8-4-7-15(18)11-16/h2-8,11H,9-10,12H2,1H3,(H2,19,20,21). The lowest BCUT2D eigenvalue weighted by atomic mass is 10.1. The molecule has 2 rings (SSSR count). The fraction of sp³-hybridized carbons (Fsp3) is 0.235. The van der Waals surface area contributed by atoms with Crippen molar-refractivity contribution in [3.05, 3.63) is 64.7 Å². The summed E-state index contributed by atoms with van der Waals surface area (Å²) in [7, 11) is 0. The molecule has 0 unspecified atom stereocenters. The first kappa shape index (κ1) is 17.1. The smallest absolute Gasteiger partial charge is 0.170 e. The Morgan fingerprint density at radius 1 is 1.18 bits per heavy atom. The van der Waals surface area contributed by atoms with Crippen LogP contribution in [0.15, 0.2) is 48.5 Å². The van der Waals surface area contributed by atoms with Crippen LogP contribution in [-0.2, 0) is 5.75 Å². The number of thioether (sulfide) groups is 1. The summed E-state index contributed by atoms with van der Waals surface area (Å²) >= 11 is 13.1.